The zero-order valence-corrected chi connectivity index (χ0v) is 30.2. The molecular formula is C32H70N2O8P2. The molecule has 0 rings (SSSR count). The molecule has 2 unspecified atom stereocenters. The van der Waals surface area contributed by atoms with Gasteiger partial charge in [0.2, 0.25) is 0 Å². The van der Waals surface area contributed by atoms with Crippen LogP contribution in [-0.4, -0.2) is 62.4 Å². The van der Waals surface area contributed by atoms with Crippen molar-refractivity contribution >= 4 is 15.6 Å². The first-order valence-electron chi connectivity index (χ1n) is 18.0. The first kappa shape index (κ1) is 44.1. The van der Waals surface area contributed by atoms with Gasteiger partial charge in [-0.15, -0.1) is 0 Å². The second kappa shape index (κ2) is 33.1. The lowest BCUT2D eigenvalue weighted by molar-refractivity contribution is 0.146. The van der Waals surface area contributed by atoms with Crippen LogP contribution in [0, 0.1) is 0 Å². The summed E-state index contributed by atoms with van der Waals surface area (Å²) in [6.07, 6.45) is 26.1. The number of nitrogens with one attached hydrogen (secondary N) is 2. The maximum absolute atomic E-state index is 11.8. The van der Waals surface area contributed by atoms with Gasteiger partial charge in [-0.1, -0.05) is 129 Å². The van der Waals surface area contributed by atoms with Crippen molar-refractivity contribution in [2.24, 2.45) is 0 Å². The van der Waals surface area contributed by atoms with Crippen molar-refractivity contribution in [3.63, 3.8) is 0 Å². The molecule has 4 N–H and O–H groups in total. The lowest BCUT2D eigenvalue weighted by Crippen LogP contribution is -2.20. The predicted molar refractivity (Wildman–Crippen MR) is 182 cm³/mol. The number of hydrogen-bond acceptors (Lipinski definition) is 8. The molecule has 0 amide bonds. The van der Waals surface area contributed by atoms with Gasteiger partial charge in [-0.05, 0) is 38.8 Å². The monoisotopic (exact) mass is 672 g/mol. The molecule has 0 aliphatic heterocycles. The second-order valence-corrected chi connectivity index (χ2v) is 14.7. The van der Waals surface area contributed by atoms with Gasteiger partial charge in [-0.3, -0.25) is 18.1 Å². The van der Waals surface area contributed by atoms with Crippen molar-refractivity contribution < 1.29 is 37.0 Å². The van der Waals surface area contributed by atoms with Crippen LogP contribution in [0.5, 0.6) is 0 Å². The van der Waals surface area contributed by atoms with Crippen LogP contribution in [0.4, 0.5) is 0 Å². The zero-order valence-electron chi connectivity index (χ0n) is 28.5. The summed E-state index contributed by atoms with van der Waals surface area (Å²) in [5.41, 5.74) is 0. The Morgan fingerprint density at radius 1 is 0.386 bits per heavy atom. The minimum Gasteiger partial charge on any atom is -0.314 e. The lowest BCUT2D eigenvalue weighted by Gasteiger charge is -2.12. The molecule has 0 heterocycles. The van der Waals surface area contributed by atoms with Crippen molar-refractivity contribution in [2.45, 2.75) is 155 Å². The van der Waals surface area contributed by atoms with Crippen LogP contribution in [0.25, 0.3) is 0 Å². The summed E-state index contributed by atoms with van der Waals surface area (Å²) >= 11 is 0. The number of rotatable bonds is 37. The molecule has 0 spiro atoms. The Morgan fingerprint density at radius 2 is 0.682 bits per heavy atom. The van der Waals surface area contributed by atoms with E-state index < -0.39 is 15.6 Å². The first-order valence-corrected chi connectivity index (χ1v) is 21.0. The molecule has 266 valence electrons. The summed E-state index contributed by atoms with van der Waals surface area (Å²) < 4.78 is 43.7. The largest absolute Gasteiger partial charge is 0.472 e. The maximum Gasteiger partial charge on any atom is 0.472 e. The lowest BCUT2D eigenvalue weighted by atomic mass is 10.0. The Hall–Kier alpha value is 0.140. The molecule has 0 radical (unpaired) electrons. The molecular weight excluding hydrogens is 602 g/mol. The van der Waals surface area contributed by atoms with Gasteiger partial charge in [0.1, 0.15) is 0 Å². The molecule has 0 saturated carbocycles. The molecule has 0 aromatic heterocycles. The highest BCUT2D eigenvalue weighted by atomic mass is 31.2. The average molecular weight is 673 g/mol. The average Bonchev–Trinajstić information content (AvgIpc) is 2.99. The van der Waals surface area contributed by atoms with Gasteiger partial charge in [0.25, 0.3) is 0 Å². The Kier molecular flexibility index (Phi) is 33.2. The van der Waals surface area contributed by atoms with Crippen LogP contribution in [0.3, 0.4) is 0 Å². The quantitative estimate of drug-likeness (QED) is 0.0374. The van der Waals surface area contributed by atoms with Crippen LogP contribution >= 0.6 is 15.6 Å². The first-order chi connectivity index (χ1) is 21.3. The number of phosphoric acid groups is 2. The summed E-state index contributed by atoms with van der Waals surface area (Å²) in [6, 6.07) is 0. The fourth-order valence-electron chi connectivity index (χ4n) is 4.84. The van der Waals surface area contributed by atoms with Crippen molar-refractivity contribution in [1.29, 1.82) is 0 Å². The van der Waals surface area contributed by atoms with Crippen LogP contribution in [-0.2, 0) is 27.2 Å². The van der Waals surface area contributed by atoms with E-state index in [1.807, 2.05) is 0 Å². The number of phosphoric ester groups is 2. The molecule has 0 fully saturated rings. The highest BCUT2D eigenvalue weighted by Gasteiger charge is 2.20. The summed E-state index contributed by atoms with van der Waals surface area (Å²) in [6.45, 7) is 8.00. The standard InChI is InChI=1S/C32H70N2O8P2/c1-3-5-26-34-28-32-42-44(37,38)40-30-24-22-20-18-16-14-12-10-8-6-7-9-11-13-15-17-19-21-23-29-39-43(35,36)41-31-27-33-25-4-2/h33-34H,3-32H2,1-2H3,(H,35,36)(H,37,38). The van der Waals surface area contributed by atoms with Crippen LogP contribution in [0.1, 0.15) is 155 Å². The molecule has 0 aromatic carbocycles. The Bertz CT molecular complexity index is 691. The van der Waals surface area contributed by atoms with E-state index in [4.69, 9.17) is 18.1 Å². The summed E-state index contributed by atoms with van der Waals surface area (Å²) in [5, 5.41) is 6.29. The van der Waals surface area contributed by atoms with Gasteiger partial charge in [0.05, 0.1) is 26.4 Å². The number of unbranched alkanes of at least 4 members (excludes halogenated alkanes) is 19. The summed E-state index contributed by atoms with van der Waals surface area (Å²) in [4.78, 5) is 19.3. The van der Waals surface area contributed by atoms with E-state index in [2.05, 4.69) is 24.5 Å². The maximum atomic E-state index is 11.8. The molecule has 2 atom stereocenters. The normalized spacial score (nSPS) is 14.5. The summed E-state index contributed by atoms with van der Waals surface area (Å²) in [7, 11) is -7.82. The highest BCUT2D eigenvalue weighted by Crippen LogP contribution is 2.43. The van der Waals surface area contributed by atoms with E-state index in [1.54, 1.807) is 0 Å². The van der Waals surface area contributed by atoms with E-state index in [9.17, 15) is 18.9 Å². The van der Waals surface area contributed by atoms with Crippen LogP contribution in [0.15, 0.2) is 0 Å². The van der Waals surface area contributed by atoms with E-state index in [0.29, 0.717) is 13.1 Å². The fourth-order valence-corrected chi connectivity index (χ4v) is 6.35. The van der Waals surface area contributed by atoms with Crippen molar-refractivity contribution in [3.8, 4) is 0 Å². The molecule has 0 bridgehead atoms. The third-order valence-corrected chi connectivity index (χ3v) is 9.53. The third-order valence-electron chi connectivity index (χ3n) is 7.50. The highest BCUT2D eigenvalue weighted by molar-refractivity contribution is 7.47. The Morgan fingerprint density at radius 3 is 1.00 bits per heavy atom. The van der Waals surface area contributed by atoms with Gasteiger partial charge < -0.3 is 20.4 Å². The summed E-state index contributed by atoms with van der Waals surface area (Å²) in [5.74, 6) is 0. The van der Waals surface area contributed by atoms with E-state index in [-0.39, 0.29) is 26.4 Å². The minimum absolute atomic E-state index is 0.183. The number of hydrogen-bond donors (Lipinski definition) is 4. The molecule has 12 heteroatoms. The van der Waals surface area contributed by atoms with Gasteiger partial charge in [0.15, 0.2) is 0 Å². The van der Waals surface area contributed by atoms with Gasteiger partial charge in [-0.2, -0.15) is 0 Å². The fraction of sp³-hybridized carbons (Fsp3) is 1.00. The van der Waals surface area contributed by atoms with E-state index >= 15 is 0 Å². The molecule has 44 heavy (non-hydrogen) atoms. The Labute approximate surface area is 270 Å². The SMILES string of the molecule is CCCCNCCOP(=O)(O)OCCCCCCCCCCCCCCCCCCCCCOP(=O)(O)OCCNCCC. The second-order valence-electron chi connectivity index (χ2n) is 11.8. The predicted octanol–water partition coefficient (Wildman–Crippen LogP) is 9.05. The van der Waals surface area contributed by atoms with Gasteiger partial charge >= 0.3 is 15.6 Å². The molecule has 0 aliphatic rings. The molecule has 0 aliphatic carbocycles. The molecule has 10 nitrogen and oxygen atoms in total. The Balaban J connectivity index is 3.27. The topological polar surface area (TPSA) is 136 Å². The third kappa shape index (κ3) is 35.0. The minimum atomic E-state index is -3.91. The smallest absolute Gasteiger partial charge is 0.314 e. The van der Waals surface area contributed by atoms with E-state index in [1.165, 1.54) is 83.5 Å². The van der Waals surface area contributed by atoms with Crippen LogP contribution in [0.2, 0.25) is 0 Å². The zero-order chi connectivity index (χ0) is 32.5. The van der Waals surface area contributed by atoms with Gasteiger partial charge in [0, 0.05) is 13.1 Å². The molecule has 0 saturated heterocycles. The van der Waals surface area contributed by atoms with E-state index in [0.717, 1.165) is 70.9 Å². The van der Waals surface area contributed by atoms with Crippen molar-refractivity contribution in [1.82, 2.24) is 10.6 Å². The molecule has 0 aromatic rings. The van der Waals surface area contributed by atoms with Crippen molar-refractivity contribution in [2.75, 3.05) is 52.6 Å². The van der Waals surface area contributed by atoms with Crippen LogP contribution < -0.4 is 10.6 Å². The van der Waals surface area contributed by atoms with Crippen molar-refractivity contribution in [3.05, 3.63) is 0 Å². The van der Waals surface area contributed by atoms with Gasteiger partial charge in [-0.25, -0.2) is 9.13 Å².